The third-order valence-electron chi connectivity index (χ3n) is 3.26. The number of nitrogens with one attached hydrogen (secondary N) is 1. The lowest BCUT2D eigenvalue weighted by atomic mass is 9.80. The standard InChI is InChI=1S/C11H20N2O5S/c1-3-13(4-2)19(17,18)7-10(14)12-9-5-8(6-9)11(15)16/h8-9H,3-7H2,1-2H3,(H,12,14)(H,15,16). The number of sulfonamides is 1. The molecule has 1 aliphatic carbocycles. The molecule has 0 spiro atoms. The summed E-state index contributed by atoms with van der Waals surface area (Å²) in [7, 11) is -3.58. The van der Waals surface area contributed by atoms with Gasteiger partial charge in [-0.25, -0.2) is 12.7 Å². The van der Waals surface area contributed by atoms with Crippen LogP contribution in [0.25, 0.3) is 0 Å². The highest BCUT2D eigenvalue weighted by atomic mass is 32.2. The summed E-state index contributed by atoms with van der Waals surface area (Å²) in [6, 6.07) is -0.222. The molecule has 110 valence electrons. The zero-order valence-corrected chi connectivity index (χ0v) is 11.9. The maximum atomic E-state index is 11.8. The van der Waals surface area contributed by atoms with Crippen molar-refractivity contribution in [3.05, 3.63) is 0 Å². The van der Waals surface area contributed by atoms with E-state index >= 15 is 0 Å². The van der Waals surface area contributed by atoms with Crippen molar-refractivity contribution in [1.29, 1.82) is 0 Å². The minimum atomic E-state index is -3.58. The molecule has 2 N–H and O–H groups in total. The van der Waals surface area contributed by atoms with Crippen LogP contribution >= 0.6 is 0 Å². The molecule has 0 unspecified atom stereocenters. The van der Waals surface area contributed by atoms with E-state index in [0.29, 0.717) is 25.9 Å². The van der Waals surface area contributed by atoms with Gasteiger partial charge in [0.15, 0.2) is 0 Å². The van der Waals surface area contributed by atoms with Crippen LogP contribution in [0.15, 0.2) is 0 Å². The Balaban J connectivity index is 2.42. The van der Waals surface area contributed by atoms with Gasteiger partial charge in [-0.1, -0.05) is 13.8 Å². The van der Waals surface area contributed by atoms with Gasteiger partial charge in [0, 0.05) is 19.1 Å². The number of amides is 1. The molecule has 1 fully saturated rings. The molecule has 19 heavy (non-hydrogen) atoms. The van der Waals surface area contributed by atoms with Crippen LogP contribution < -0.4 is 5.32 Å². The minimum absolute atomic E-state index is 0.222. The Morgan fingerprint density at radius 3 is 2.21 bits per heavy atom. The Kier molecular flexibility index (Phi) is 5.30. The van der Waals surface area contributed by atoms with Gasteiger partial charge >= 0.3 is 5.97 Å². The Morgan fingerprint density at radius 2 is 1.79 bits per heavy atom. The first-order chi connectivity index (χ1) is 8.80. The first-order valence-corrected chi connectivity index (χ1v) is 7.91. The largest absolute Gasteiger partial charge is 0.481 e. The van der Waals surface area contributed by atoms with Gasteiger partial charge in [0.25, 0.3) is 0 Å². The fourth-order valence-corrected chi connectivity index (χ4v) is 3.46. The molecule has 0 aromatic rings. The van der Waals surface area contributed by atoms with Gasteiger partial charge in [-0.3, -0.25) is 9.59 Å². The molecule has 1 aliphatic rings. The molecule has 1 saturated carbocycles. The molecule has 0 aromatic heterocycles. The maximum absolute atomic E-state index is 11.8. The van der Waals surface area contributed by atoms with Gasteiger partial charge in [-0.05, 0) is 12.8 Å². The van der Waals surface area contributed by atoms with Gasteiger partial charge in [-0.2, -0.15) is 0 Å². The molecule has 0 saturated heterocycles. The topological polar surface area (TPSA) is 104 Å². The van der Waals surface area contributed by atoms with Crippen LogP contribution in [0.2, 0.25) is 0 Å². The molecule has 7 nitrogen and oxygen atoms in total. The second kappa shape index (κ2) is 6.33. The Labute approximate surface area is 113 Å². The number of hydrogen-bond acceptors (Lipinski definition) is 4. The summed E-state index contributed by atoms with van der Waals surface area (Å²) < 4.78 is 24.9. The van der Waals surface area contributed by atoms with Crippen LogP contribution in [0.3, 0.4) is 0 Å². The number of carbonyl (C=O) groups excluding carboxylic acids is 1. The summed E-state index contributed by atoms with van der Waals surface area (Å²) in [5.41, 5.74) is 0. The van der Waals surface area contributed by atoms with E-state index in [1.807, 2.05) is 0 Å². The lowest BCUT2D eigenvalue weighted by Crippen LogP contribution is -2.49. The van der Waals surface area contributed by atoms with Crippen molar-refractivity contribution in [1.82, 2.24) is 9.62 Å². The summed E-state index contributed by atoms with van der Waals surface area (Å²) in [6.07, 6.45) is 0.735. The molecule has 0 aliphatic heterocycles. The van der Waals surface area contributed by atoms with Crippen LogP contribution in [0.5, 0.6) is 0 Å². The summed E-state index contributed by atoms with van der Waals surface area (Å²) in [5, 5.41) is 11.2. The van der Waals surface area contributed by atoms with E-state index in [9.17, 15) is 18.0 Å². The summed E-state index contributed by atoms with van der Waals surface area (Å²) in [5.74, 6) is -2.45. The number of nitrogens with zero attached hydrogens (tertiary/aromatic N) is 1. The fourth-order valence-electron chi connectivity index (χ4n) is 2.08. The van der Waals surface area contributed by atoms with Gasteiger partial charge in [-0.15, -0.1) is 0 Å². The molecule has 1 amide bonds. The lowest BCUT2D eigenvalue weighted by molar-refractivity contribution is -0.146. The normalized spacial score (nSPS) is 22.9. The SMILES string of the molecule is CCN(CC)S(=O)(=O)CC(=O)NC1CC(C(=O)O)C1. The van der Waals surface area contributed by atoms with Gasteiger partial charge < -0.3 is 10.4 Å². The smallest absolute Gasteiger partial charge is 0.306 e. The first-order valence-electron chi connectivity index (χ1n) is 6.30. The number of aliphatic carboxylic acids is 1. The van der Waals surface area contributed by atoms with E-state index in [1.165, 1.54) is 4.31 Å². The van der Waals surface area contributed by atoms with Gasteiger partial charge in [0.1, 0.15) is 5.75 Å². The molecule has 1 rings (SSSR count). The Morgan fingerprint density at radius 1 is 1.26 bits per heavy atom. The highest BCUT2D eigenvalue weighted by Gasteiger charge is 2.36. The second-order valence-electron chi connectivity index (χ2n) is 4.61. The van der Waals surface area contributed by atoms with E-state index in [4.69, 9.17) is 5.11 Å². The van der Waals surface area contributed by atoms with Crippen molar-refractivity contribution in [2.45, 2.75) is 32.7 Å². The highest BCUT2D eigenvalue weighted by Crippen LogP contribution is 2.27. The average molecular weight is 292 g/mol. The van der Waals surface area contributed by atoms with Crippen LogP contribution in [0, 0.1) is 5.92 Å². The van der Waals surface area contributed by atoms with Gasteiger partial charge in [0.2, 0.25) is 15.9 Å². The molecule has 0 atom stereocenters. The van der Waals surface area contributed by atoms with Crippen molar-refractivity contribution < 1.29 is 23.1 Å². The molecular weight excluding hydrogens is 272 g/mol. The van der Waals surface area contributed by atoms with E-state index in [0.717, 1.165) is 0 Å². The second-order valence-corrected chi connectivity index (χ2v) is 6.58. The molecule has 0 aromatic carbocycles. The van der Waals surface area contributed by atoms with Crippen LogP contribution in [0.4, 0.5) is 0 Å². The van der Waals surface area contributed by atoms with Crippen molar-refractivity contribution in [2.75, 3.05) is 18.8 Å². The predicted molar refractivity (Wildman–Crippen MR) is 69.0 cm³/mol. The highest BCUT2D eigenvalue weighted by molar-refractivity contribution is 7.89. The number of hydrogen-bond donors (Lipinski definition) is 2. The number of carbonyl (C=O) groups is 2. The predicted octanol–water partition coefficient (Wildman–Crippen LogP) is -0.363. The third-order valence-corrected chi connectivity index (χ3v) is 5.19. The number of carboxylic acid groups (broad SMARTS) is 1. The Bertz CT molecular complexity index is 438. The molecule has 0 heterocycles. The van der Waals surface area contributed by atoms with Gasteiger partial charge in [0.05, 0.1) is 5.92 Å². The number of carboxylic acids is 1. The first kappa shape index (κ1) is 15.9. The molecule has 0 radical (unpaired) electrons. The summed E-state index contributed by atoms with van der Waals surface area (Å²) in [4.78, 5) is 22.2. The fraction of sp³-hybridized carbons (Fsp3) is 0.818. The monoisotopic (exact) mass is 292 g/mol. The molecular formula is C11H20N2O5S. The third kappa shape index (κ3) is 4.17. The Hall–Kier alpha value is -1.15. The average Bonchev–Trinajstić information content (AvgIpc) is 2.22. The summed E-state index contributed by atoms with van der Waals surface area (Å²) >= 11 is 0. The van der Waals surface area contributed by atoms with Crippen molar-refractivity contribution in [3.8, 4) is 0 Å². The lowest BCUT2D eigenvalue weighted by Gasteiger charge is -2.33. The van der Waals surface area contributed by atoms with E-state index in [2.05, 4.69) is 5.32 Å². The molecule has 8 heteroatoms. The molecule has 0 bridgehead atoms. The summed E-state index contributed by atoms with van der Waals surface area (Å²) in [6.45, 7) is 4.08. The van der Waals surface area contributed by atoms with Crippen LogP contribution in [-0.2, 0) is 19.6 Å². The zero-order chi connectivity index (χ0) is 14.6. The van der Waals surface area contributed by atoms with Crippen LogP contribution in [0.1, 0.15) is 26.7 Å². The minimum Gasteiger partial charge on any atom is -0.481 e. The van der Waals surface area contributed by atoms with E-state index in [-0.39, 0.29) is 6.04 Å². The van der Waals surface area contributed by atoms with Crippen molar-refractivity contribution in [2.24, 2.45) is 5.92 Å². The number of rotatable bonds is 7. The zero-order valence-electron chi connectivity index (χ0n) is 11.1. The van der Waals surface area contributed by atoms with E-state index in [1.54, 1.807) is 13.8 Å². The maximum Gasteiger partial charge on any atom is 0.306 e. The van der Waals surface area contributed by atoms with Crippen LogP contribution in [-0.4, -0.2) is 54.6 Å². The van der Waals surface area contributed by atoms with E-state index < -0.39 is 33.6 Å². The quantitative estimate of drug-likeness (QED) is 0.666. The van der Waals surface area contributed by atoms with Crippen molar-refractivity contribution >= 4 is 21.9 Å². The van der Waals surface area contributed by atoms with Crippen molar-refractivity contribution in [3.63, 3.8) is 0 Å².